The Hall–Kier alpha value is -3.17. The van der Waals surface area contributed by atoms with Gasteiger partial charge in [-0.25, -0.2) is 8.42 Å². The maximum atomic E-state index is 13.4. The molecule has 0 saturated carbocycles. The van der Waals surface area contributed by atoms with E-state index in [1.165, 1.54) is 22.5 Å². The number of carbonyl (C=O) groups excluding carboxylic acids is 1. The average Bonchev–Trinajstić information content (AvgIpc) is 2.86. The number of H-pyrrole nitrogens is 1. The minimum absolute atomic E-state index is 0.0751. The van der Waals surface area contributed by atoms with Crippen LogP contribution in [0.5, 0.6) is 0 Å². The Morgan fingerprint density at radius 2 is 1.91 bits per heavy atom. The van der Waals surface area contributed by atoms with Crippen molar-refractivity contribution >= 4 is 32.5 Å². The van der Waals surface area contributed by atoms with Crippen molar-refractivity contribution in [3.8, 4) is 0 Å². The highest BCUT2D eigenvalue weighted by molar-refractivity contribution is 7.89. The first kappa shape index (κ1) is 24.9. The van der Waals surface area contributed by atoms with E-state index in [-0.39, 0.29) is 16.5 Å². The molecule has 0 radical (unpaired) electrons. The number of likely N-dealkylation sites (N-methyl/N-ethyl adjacent to an activating group) is 1. The Morgan fingerprint density at radius 3 is 2.63 bits per heavy atom. The standard InChI is InChI=1S/C26H32N4O4S/c1-3-29(20-10-5-4-6-11-20)16-14-27-26(32)23-18-25(31)28-24-13-12-21(17-22(23)24)35(33,34)30-15-8-7-9-19(30)2/h4-6,10-13,17-19H,3,7-9,14-16H2,1-2H3,(H,27,32)(H,28,31). The van der Waals surface area contributed by atoms with Crippen LogP contribution in [0.1, 0.15) is 43.5 Å². The van der Waals surface area contributed by atoms with Crippen LogP contribution in [0, 0.1) is 0 Å². The minimum Gasteiger partial charge on any atom is -0.370 e. The molecule has 4 rings (SSSR count). The Bertz CT molecular complexity index is 1350. The number of rotatable bonds is 8. The first-order chi connectivity index (χ1) is 16.8. The van der Waals surface area contributed by atoms with E-state index >= 15 is 0 Å². The van der Waals surface area contributed by atoms with Crippen LogP contribution < -0.4 is 15.8 Å². The number of aromatic amines is 1. The number of nitrogens with one attached hydrogen (secondary N) is 2. The molecule has 9 heteroatoms. The summed E-state index contributed by atoms with van der Waals surface area (Å²) < 4.78 is 28.2. The van der Waals surface area contributed by atoms with Gasteiger partial charge in [0.05, 0.1) is 10.5 Å². The Balaban J connectivity index is 1.58. The lowest BCUT2D eigenvalue weighted by Gasteiger charge is -2.32. The second kappa shape index (κ2) is 10.6. The molecule has 0 bridgehead atoms. The van der Waals surface area contributed by atoms with Crippen LogP contribution in [-0.2, 0) is 10.0 Å². The van der Waals surface area contributed by atoms with E-state index < -0.39 is 21.5 Å². The maximum Gasteiger partial charge on any atom is 0.252 e. The van der Waals surface area contributed by atoms with Crippen molar-refractivity contribution in [2.24, 2.45) is 0 Å². The van der Waals surface area contributed by atoms with Gasteiger partial charge in [-0.15, -0.1) is 0 Å². The van der Waals surface area contributed by atoms with E-state index in [9.17, 15) is 18.0 Å². The fraction of sp³-hybridized carbons (Fsp3) is 0.385. The number of benzene rings is 2. The van der Waals surface area contributed by atoms with Gasteiger partial charge in [0, 0.05) is 54.9 Å². The molecule has 1 saturated heterocycles. The highest BCUT2D eigenvalue weighted by Gasteiger charge is 2.31. The number of hydrogen-bond donors (Lipinski definition) is 2. The van der Waals surface area contributed by atoms with Crippen LogP contribution in [0.3, 0.4) is 0 Å². The average molecular weight is 497 g/mol. The highest BCUT2D eigenvalue weighted by atomic mass is 32.2. The van der Waals surface area contributed by atoms with E-state index in [0.29, 0.717) is 30.5 Å². The topological polar surface area (TPSA) is 103 Å². The molecule has 2 heterocycles. The number of aromatic nitrogens is 1. The number of nitrogens with zero attached hydrogens (tertiary/aromatic N) is 2. The molecule has 0 spiro atoms. The number of hydrogen-bond acceptors (Lipinski definition) is 5. The third-order valence-electron chi connectivity index (χ3n) is 6.58. The van der Waals surface area contributed by atoms with Gasteiger partial charge in [-0.05, 0) is 57.0 Å². The van der Waals surface area contributed by atoms with Gasteiger partial charge in [-0.1, -0.05) is 24.6 Å². The van der Waals surface area contributed by atoms with Crippen molar-refractivity contribution in [3.05, 3.63) is 70.5 Å². The number of pyridine rings is 1. The zero-order valence-corrected chi connectivity index (χ0v) is 21.0. The predicted octanol–water partition coefficient (Wildman–Crippen LogP) is 3.35. The quantitative estimate of drug-likeness (QED) is 0.498. The highest BCUT2D eigenvalue weighted by Crippen LogP contribution is 2.27. The lowest BCUT2D eigenvalue weighted by Crippen LogP contribution is -2.41. The summed E-state index contributed by atoms with van der Waals surface area (Å²) in [7, 11) is -3.71. The molecule has 1 fully saturated rings. The summed E-state index contributed by atoms with van der Waals surface area (Å²) >= 11 is 0. The Kier molecular flexibility index (Phi) is 7.57. The first-order valence-corrected chi connectivity index (χ1v) is 13.5. The molecule has 8 nitrogen and oxygen atoms in total. The summed E-state index contributed by atoms with van der Waals surface area (Å²) in [6.07, 6.45) is 2.66. The van der Waals surface area contributed by atoms with Crippen LogP contribution in [0.4, 0.5) is 5.69 Å². The van der Waals surface area contributed by atoms with Gasteiger partial charge in [0.1, 0.15) is 0 Å². The van der Waals surface area contributed by atoms with Gasteiger partial charge in [0.2, 0.25) is 15.6 Å². The fourth-order valence-corrected chi connectivity index (χ4v) is 6.38. The molecule has 1 atom stereocenters. The number of carbonyl (C=O) groups is 1. The molecular weight excluding hydrogens is 464 g/mol. The smallest absolute Gasteiger partial charge is 0.252 e. The largest absolute Gasteiger partial charge is 0.370 e. The van der Waals surface area contributed by atoms with Crippen LogP contribution >= 0.6 is 0 Å². The second-order valence-corrected chi connectivity index (χ2v) is 10.8. The molecule has 3 aromatic rings. The number of anilines is 1. The third kappa shape index (κ3) is 5.41. The molecule has 2 N–H and O–H groups in total. The lowest BCUT2D eigenvalue weighted by atomic mass is 10.1. The SMILES string of the molecule is CCN(CCNC(=O)c1cc(=O)[nH]c2ccc(S(=O)(=O)N3CCCCC3C)cc12)c1ccccc1. The van der Waals surface area contributed by atoms with Crippen molar-refractivity contribution in [1.29, 1.82) is 0 Å². The summed E-state index contributed by atoms with van der Waals surface area (Å²) in [6.45, 7) is 6.20. The molecule has 1 aromatic heterocycles. The van der Waals surface area contributed by atoms with Gasteiger partial charge >= 0.3 is 0 Å². The van der Waals surface area contributed by atoms with Crippen LogP contribution in [0.2, 0.25) is 0 Å². The van der Waals surface area contributed by atoms with Gasteiger partial charge in [0.25, 0.3) is 5.91 Å². The summed E-state index contributed by atoms with van der Waals surface area (Å²) in [6, 6.07) is 15.6. The summed E-state index contributed by atoms with van der Waals surface area (Å²) in [5, 5.41) is 3.29. The van der Waals surface area contributed by atoms with Crippen molar-refractivity contribution in [1.82, 2.24) is 14.6 Å². The molecule has 0 aliphatic carbocycles. The molecule has 1 aliphatic heterocycles. The molecule has 35 heavy (non-hydrogen) atoms. The van der Waals surface area contributed by atoms with E-state index in [2.05, 4.69) is 15.2 Å². The first-order valence-electron chi connectivity index (χ1n) is 12.1. The van der Waals surface area contributed by atoms with Gasteiger partial charge in [0.15, 0.2) is 0 Å². The van der Waals surface area contributed by atoms with Gasteiger partial charge < -0.3 is 15.2 Å². The molecule has 1 aliphatic rings. The number of sulfonamides is 1. The van der Waals surface area contributed by atoms with Crippen LogP contribution in [0.25, 0.3) is 10.9 Å². The summed E-state index contributed by atoms with van der Waals surface area (Å²) in [5.41, 5.74) is 1.23. The molecule has 1 amide bonds. The predicted molar refractivity (Wildman–Crippen MR) is 138 cm³/mol. The normalized spacial score (nSPS) is 16.8. The zero-order valence-electron chi connectivity index (χ0n) is 20.2. The minimum atomic E-state index is -3.71. The van der Waals surface area contributed by atoms with E-state index in [4.69, 9.17) is 0 Å². The van der Waals surface area contributed by atoms with E-state index in [1.54, 1.807) is 6.07 Å². The van der Waals surface area contributed by atoms with Gasteiger partial charge in [-0.2, -0.15) is 4.31 Å². The van der Waals surface area contributed by atoms with Crippen molar-refractivity contribution in [2.45, 2.75) is 44.0 Å². The third-order valence-corrected chi connectivity index (χ3v) is 8.59. The monoisotopic (exact) mass is 496 g/mol. The number of amides is 1. The lowest BCUT2D eigenvalue weighted by molar-refractivity contribution is 0.0956. The molecular formula is C26H32N4O4S. The number of piperidine rings is 1. The van der Waals surface area contributed by atoms with Gasteiger partial charge in [-0.3, -0.25) is 9.59 Å². The van der Waals surface area contributed by atoms with E-state index in [1.807, 2.05) is 44.2 Å². The van der Waals surface area contributed by atoms with Crippen molar-refractivity contribution in [2.75, 3.05) is 31.1 Å². The summed E-state index contributed by atoms with van der Waals surface area (Å²) in [4.78, 5) is 30.3. The second-order valence-electron chi connectivity index (χ2n) is 8.89. The van der Waals surface area contributed by atoms with Crippen molar-refractivity contribution < 1.29 is 13.2 Å². The number of para-hydroxylation sites is 1. The molecule has 2 aromatic carbocycles. The fourth-order valence-electron chi connectivity index (χ4n) is 4.65. The van der Waals surface area contributed by atoms with Crippen molar-refractivity contribution in [3.63, 3.8) is 0 Å². The Morgan fingerprint density at radius 1 is 1.14 bits per heavy atom. The molecule has 186 valence electrons. The summed E-state index contributed by atoms with van der Waals surface area (Å²) in [5.74, 6) is -0.411. The maximum absolute atomic E-state index is 13.4. The zero-order chi connectivity index (χ0) is 25.0. The van der Waals surface area contributed by atoms with E-state index in [0.717, 1.165) is 31.5 Å². The van der Waals surface area contributed by atoms with Crippen LogP contribution in [0.15, 0.2) is 64.3 Å². The number of fused-ring (bicyclic) bond motifs is 1. The Labute approximate surface area is 206 Å². The molecule has 1 unspecified atom stereocenters. The van der Waals surface area contributed by atoms with Crippen LogP contribution in [-0.4, -0.2) is 55.8 Å².